The van der Waals surface area contributed by atoms with Gasteiger partial charge in [0, 0.05) is 5.41 Å². The first-order valence-corrected chi connectivity index (χ1v) is 6.41. The fourth-order valence-electron chi connectivity index (χ4n) is 1.68. The highest BCUT2D eigenvalue weighted by molar-refractivity contribution is 5.05. The predicted octanol–water partition coefficient (Wildman–Crippen LogP) is 5.49. The summed E-state index contributed by atoms with van der Waals surface area (Å²) in [7, 11) is 0. The number of hydrogen-bond donors (Lipinski definition) is 0. The summed E-state index contributed by atoms with van der Waals surface area (Å²) in [5, 5.41) is 0. The van der Waals surface area contributed by atoms with E-state index in [2.05, 4.69) is 4.74 Å². The minimum atomic E-state index is -5.75. The average molecular weight is 308 g/mol. The van der Waals surface area contributed by atoms with Crippen LogP contribution in [0.5, 0.6) is 0 Å². The molecule has 0 fully saturated rings. The van der Waals surface area contributed by atoms with Gasteiger partial charge in [0.05, 0.1) is 5.60 Å². The van der Waals surface area contributed by atoms with E-state index < -0.39 is 35.4 Å². The van der Waals surface area contributed by atoms with Crippen molar-refractivity contribution in [2.24, 2.45) is 5.41 Å². The maximum atomic E-state index is 14.5. The van der Waals surface area contributed by atoms with Crippen LogP contribution in [-0.2, 0) is 4.74 Å². The third-order valence-corrected chi connectivity index (χ3v) is 3.86. The van der Waals surface area contributed by atoms with Crippen LogP contribution in [0.1, 0.15) is 54.4 Å². The Morgan fingerprint density at radius 3 is 1.40 bits per heavy atom. The molecule has 0 radical (unpaired) electrons. The standard InChI is InChI=1S/C13H22F6O/c1-7-9(3,4)11(14,12(15,16)17)13(18,19)20-10(5,6)8-2/h7-8H2,1-6H3. The van der Waals surface area contributed by atoms with E-state index in [0.717, 1.165) is 13.8 Å². The molecule has 0 aliphatic heterocycles. The van der Waals surface area contributed by atoms with E-state index in [1.165, 1.54) is 27.7 Å². The zero-order chi connectivity index (χ0) is 16.6. The van der Waals surface area contributed by atoms with Gasteiger partial charge in [0.2, 0.25) is 0 Å². The molecule has 0 aromatic carbocycles. The predicted molar refractivity (Wildman–Crippen MR) is 64.4 cm³/mol. The Bertz CT molecular complexity index is 334. The Morgan fingerprint density at radius 1 is 0.750 bits per heavy atom. The minimum Gasteiger partial charge on any atom is -0.312 e. The normalized spacial score (nSPS) is 18.0. The highest BCUT2D eigenvalue weighted by Gasteiger charge is 2.78. The van der Waals surface area contributed by atoms with Gasteiger partial charge in [0.1, 0.15) is 0 Å². The van der Waals surface area contributed by atoms with Crippen molar-refractivity contribution >= 4 is 0 Å². The van der Waals surface area contributed by atoms with Crippen LogP contribution in [0.2, 0.25) is 0 Å². The first-order valence-electron chi connectivity index (χ1n) is 6.41. The van der Waals surface area contributed by atoms with Gasteiger partial charge >= 0.3 is 12.3 Å². The Balaban J connectivity index is 5.91. The first-order chi connectivity index (χ1) is 8.58. The lowest BCUT2D eigenvalue weighted by Gasteiger charge is -2.46. The number of hydrogen-bond acceptors (Lipinski definition) is 1. The van der Waals surface area contributed by atoms with Crippen molar-refractivity contribution in [3.63, 3.8) is 0 Å². The molecule has 0 N–H and O–H groups in total. The fourth-order valence-corrected chi connectivity index (χ4v) is 1.68. The highest BCUT2D eigenvalue weighted by atomic mass is 19.4. The second kappa shape index (κ2) is 5.39. The molecule has 0 aliphatic carbocycles. The van der Waals surface area contributed by atoms with Crippen LogP contribution in [-0.4, -0.2) is 23.6 Å². The third kappa shape index (κ3) is 3.23. The molecular weight excluding hydrogens is 286 g/mol. The van der Waals surface area contributed by atoms with Crippen molar-refractivity contribution in [1.29, 1.82) is 0 Å². The molecule has 0 rings (SSSR count). The highest BCUT2D eigenvalue weighted by Crippen LogP contribution is 2.57. The van der Waals surface area contributed by atoms with Gasteiger partial charge in [-0.1, -0.05) is 27.7 Å². The van der Waals surface area contributed by atoms with Gasteiger partial charge in [-0.3, -0.25) is 0 Å². The SMILES string of the molecule is CCC(C)(C)OC(F)(F)C(F)(C(F)(F)F)C(C)(C)CC. The smallest absolute Gasteiger partial charge is 0.312 e. The number of alkyl halides is 6. The molecule has 7 heteroatoms. The van der Waals surface area contributed by atoms with Crippen molar-refractivity contribution in [3.8, 4) is 0 Å². The lowest BCUT2D eigenvalue weighted by molar-refractivity contribution is -0.426. The summed E-state index contributed by atoms with van der Waals surface area (Å²) >= 11 is 0. The molecule has 0 saturated carbocycles. The lowest BCUT2D eigenvalue weighted by Crippen LogP contribution is -2.65. The molecule has 0 spiro atoms. The van der Waals surface area contributed by atoms with Crippen LogP contribution < -0.4 is 0 Å². The Labute approximate surface area is 115 Å². The van der Waals surface area contributed by atoms with E-state index in [4.69, 9.17) is 0 Å². The summed E-state index contributed by atoms with van der Waals surface area (Å²) in [5.41, 5.74) is -8.68. The van der Waals surface area contributed by atoms with Gasteiger partial charge in [0.15, 0.2) is 0 Å². The maximum Gasteiger partial charge on any atom is 0.431 e. The zero-order valence-electron chi connectivity index (χ0n) is 12.6. The molecule has 0 aromatic heterocycles. The molecule has 1 unspecified atom stereocenters. The molecule has 0 saturated heterocycles. The summed E-state index contributed by atoms with van der Waals surface area (Å²) in [6.45, 7) is 6.70. The number of ether oxygens (including phenoxy) is 1. The monoisotopic (exact) mass is 308 g/mol. The van der Waals surface area contributed by atoms with Crippen LogP contribution in [0.15, 0.2) is 0 Å². The molecule has 20 heavy (non-hydrogen) atoms. The van der Waals surface area contributed by atoms with E-state index >= 15 is 0 Å². The molecule has 0 heterocycles. The van der Waals surface area contributed by atoms with E-state index in [1.807, 2.05) is 0 Å². The van der Waals surface area contributed by atoms with Gasteiger partial charge in [-0.25, -0.2) is 4.39 Å². The van der Waals surface area contributed by atoms with Crippen LogP contribution >= 0.6 is 0 Å². The number of halogens is 6. The van der Waals surface area contributed by atoms with Crippen LogP contribution in [0.4, 0.5) is 26.3 Å². The Hall–Kier alpha value is -0.460. The van der Waals surface area contributed by atoms with E-state index in [9.17, 15) is 26.3 Å². The van der Waals surface area contributed by atoms with Gasteiger partial charge < -0.3 is 4.74 Å². The quantitative estimate of drug-likeness (QED) is 0.589. The molecule has 0 amide bonds. The fraction of sp³-hybridized carbons (Fsp3) is 1.00. The van der Waals surface area contributed by atoms with Gasteiger partial charge in [-0.2, -0.15) is 22.0 Å². The van der Waals surface area contributed by atoms with Crippen molar-refractivity contribution in [2.45, 2.75) is 77.9 Å². The van der Waals surface area contributed by atoms with Crippen LogP contribution in [0.3, 0.4) is 0 Å². The summed E-state index contributed by atoms with van der Waals surface area (Å²) < 4.78 is 85.9. The summed E-state index contributed by atoms with van der Waals surface area (Å²) in [6, 6.07) is 0. The second-order valence-electron chi connectivity index (χ2n) is 6.13. The average Bonchev–Trinajstić information content (AvgIpc) is 2.24. The lowest BCUT2D eigenvalue weighted by atomic mass is 9.72. The van der Waals surface area contributed by atoms with Crippen molar-refractivity contribution in [3.05, 3.63) is 0 Å². The van der Waals surface area contributed by atoms with Crippen molar-refractivity contribution in [2.75, 3.05) is 0 Å². The molecular formula is C13H22F6O. The molecule has 1 nitrogen and oxygen atoms in total. The zero-order valence-corrected chi connectivity index (χ0v) is 12.6. The van der Waals surface area contributed by atoms with E-state index in [0.29, 0.717) is 0 Å². The Morgan fingerprint density at radius 2 is 1.15 bits per heavy atom. The third-order valence-electron chi connectivity index (χ3n) is 3.86. The molecule has 1 atom stereocenters. The van der Waals surface area contributed by atoms with E-state index in [1.54, 1.807) is 0 Å². The van der Waals surface area contributed by atoms with Gasteiger partial charge in [-0.05, 0) is 26.7 Å². The number of rotatable bonds is 6. The maximum absolute atomic E-state index is 14.5. The minimum absolute atomic E-state index is 0.0169. The molecule has 0 aliphatic rings. The van der Waals surface area contributed by atoms with Gasteiger partial charge in [0.25, 0.3) is 5.67 Å². The summed E-state index contributed by atoms with van der Waals surface area (Å²) in [4.78, 5) is 0. The molecule has 0 aromatic rings. The van der Waals surface area contributed by atoms with Crippen molar-refractivity contribution < 1.29 is 31.1 Å². The molecule has 122 valence electrons. The van der Waals surface area contributed by atoms with E-state index in [-0.39, 0.29) is 6.42 Å². The first kappa shape index (κ1) is 19.5. The van der Waals surface area contributed by atoms with Crippen LogP contribution in [0.25, 0.3) is 0 Å². The summed E-state index contributed by atoms with van der Waals surface area (Å²) in [5.74, 6) is 0. The summed E-state index contributed by atoms with van der Waals surface area (Å²) in [6.07, 6.45) is -11.1. The largest absolute Gasteiger partial charge is 0.431 e. The Kier molecular flexibility index (Phi) is 5.26. The van der Waals surface area contributed by atoms with Crippen molar-refractivity contribution in [1.82, 2.24) is 0 Å². The van der Waals surface area contributed by atoms with Gasteiger partial charge in [-0.15, -0.1) is 0 Å². The van der Waals surface area contributed by atoms with Crippen LogP contribution in [0, 0.1) is 5.41 Å². The second-order valence-corrected chi connectivity index (χ2v) is 6.13. The molecule has 0 bridgehead atoms. The topological polar surface area (TPSA) is 9.23 Å².